The number of hydrogen-bond donors (Lipinski definition) is 3. The van der Waals surface area contributed by atoms with E-state index in [4.69, 9.17) is 18.9 Å². The normalized spacial score (nSPS) is 26.5. The summed E-state index contributed by atoms with van der Waals surface area (Å²) in [6.07, 6.45) is 2.73. The number of sulfonamides is 1. The van der Waals surface area contributed by atoms with Crippen LogP contribution in [0.2, 0.25) is 0 Å². The van der Waals surface area contributed by atoms with Crippen molar-refractivity contribution in [3.8, 4) is 11.6 Å². The van der Waals surface area contributed by atoms with Gasteiger partial charge in [-0.3, -0.25) is 19.1 Å². The van der Waals surface area contributed by atoms with Gasteiger partial charge in [-0.1, -0.05) is 26.8 Å². The van der Waals surface area contributed by atoms with E-state index in [1.165, 1.54) is 11.0 Å². The van der Waals surface area contributed by atoms with Crippen LogP contribution in [-0.4, -0.2) is 104 Å². The number of likely N-dealkylation sites (tertiary alicyclic amines) is 1. The predicted octanol–water partition coefficient (Wildman–Crippen LogP) is 2.19. The fourth-order valence-electron chi connectivity index (χ4n) is 6.62. The van der Waals surface area contributed by atoms with Gasteiger partial charge in [-0.15, -0.1) is 6.58 Å². The van der Waals surface area contributed by atoms with E-state index in [0.29, 0.717) is 37.0 Å². The van der Waals surface area contributed by atoms with Crippen LogP contribution in [0.1, 0.15) is 52.9 Å². The van der Waals surface area contributed by atoms with E-state index in [9.17, 15) is 27.6 Å². The molecule has 0 bridgehead atoms. The van der Waals surface area contributed by atoms with Crippen molar-refractivity contribution >= 4 is 44.6 Å². The number of aromatic nitrogens is 1. The Balaban J connectivity index is 1.27. The van der Waals surface area contributed by atoms with Crippen molar-refractivity contribution in [1.82, 2.24) is 25.2 Å². The van der Waals surface area contributed by atoms with Crippen LogP contribution in [0.15, 0.2) is 43.1 Å². The lowest BCUT2D eigenvalue weighted by atomic mass is 9.85. The molecule has 3 heterocycles. The lowest BCUT2D eigenvalue weighted by Gasteiger charge is -2.35. The number of ether oxygens (including phenoxy) is 4. The summed E-state index contributed by atoms with van der Waals surface area (Å²) in [6.45, 7) is 9.76. The number of fused-ring (bicyclic) bond motifs is 1. The fraction of sp³-hybridized carbons (Fsp3) is 0.571. The number of carbonyl (C=O) groups is 4. The molecule has 0 unspecified atom stereocenters. The first-order valence-electron chi connectivity index (χ1n) is 17.1. The maximum atomic E-state index is 14.5. The number of amides is 4. The molecule has 3 N–H and O–H groups in total. The third-order valence-electron chi connectivity index (χ3n) is 9.85. The van der Waals surface area contributed by atoms with Gasteiger partial charge in [-0.2, -0.15) is 0 Å². The van der Waals surface area contributed by atoms with Gasteiger partial charge < -0.3 is 34.5 Å². The summed E-state index contributed by atoms with van der Waals surface area (Å²) >= 11 is 0. The highest BCUT2D eigenvalue weighted by Crippen LogP contribution is 2.45. The van der Waals surface area contributed by atoms with Crippen LogP contribution in [0.3, 0.4) is 0 Å². The van der Waals surface area contributed by atoms with Crippen molar-refractivity contribution in [3.63, 3.8) is 0 Å². The third-order valence-corrected chi connectivity index (χ3v) is 11.7. The van der Waals surface area contributed by atoms with E-state index < -0.39 is 80.3 Å². The van der Waals surface area contributed by atoms with Crippen LogP contribution < -0.4 is 24.8 Å². The van der Waals surface area contributed by atoms with Crippen molar-refractivity contribution in [3.05, 3.63) is 43.1 Å². The van der Waals surface area contributed by atoms with E-state index in [-0.39, 0.29) is 31.9 Å². The Labute approximate surface area is 296 Å². The lowest BCUT2D eigenvalue weighted by Crippen LogP contribution is -2.60. The predicted molar refractivity (Wildman–Crippen MR) is 184 cm³/mol. The first-order valence-corrected chi connectivity index (χ1v) is 18.6. The van der Waals surface area contributed by atoms with Gasteiger partial charge in [0.2, 0.25) is 27.7 Å². The summed E-state index contributed by atoms with van der Waals surface area (Å²) in [5.74, 6) is -1.67. The first-order chi connectivity index (χ1) is 24.1. The molecule has 0 radical (unpaired) electrons. The molecule has 2 aliphatic carbocycles. The number of methoxy groups -OCH3 is 1. The number of hydrogen-bond acceptors (Lipinski definition) is 11. The van der Waals surface area contributed by atoms with Gasteiger partial charge in [-0.25, -0.2) is 18.2 Å². The smallest absolute Gasteiger partial charge is 0.408 e. The Kier molecular flexibility index (Phi) is 9.94. The minimum absolute atomic E-state index is 0.0172. The maximum absolute atomic E-state index is 14.5. The molecule has 0 spiro atoms. The molecule has 2 aliphatic heterocycles. The quantitative estimate of drug-likeness (QED) is 0.272. The second kappa shape index (κ2) is 13.9. The van der Waals surface area contributed by atoms with E-state index in [0.717, 1.165) is 5.39 Å². The van der Waals surface area contributed by atoms with Gasteiger partial charge in [0.15, 0.2) is 0 Å². The topological polar surface area (TPSA) is 192 Å². The highest BCUT2D eigenvalue weighted by molar-refractivity contribution is 7.91. The van der Waals surface area contributed by atoms with Crippen LogP contribution >= 0.6 is 0 Å². The molecule has 4 aliphatic rings. The van der Waals surface area contributed by atoms with Crippen molar-refractivity contribution in [2.45, 2.75) is 88.0 Å². The minimum Gasteiger partial charge on any atom is -0.497 e. The largest absolute Gasteiger partial charge is 0.497 e. The molecular formula is C35H45N5O10S. The average Bonchev–Trinajstić information content (AvgIpc) is 3.96. The summed E-state index contributed by atoms with van der Waals surface area (Å²) in [5, 5.41) is 6.34. The van der Waals surface area contributed by atoms with Gasteiger partial charge >= 0.3 is 6.09 Å². The van der Waals surface area contributed by atoms with Gasteiger partial charge in [-0.05, 0) is 54.3 Å². The highest BCUT2D eigenvalue weighted by Gasteiger charge is 2.62. The molecule has 4 fully saturated rings. The maximum Gasteiger partial charge on any atom is 0.408 e. The van der Waals surface area contributed by atoms with Crippen molar-refractivity contribution in [1.29, 1.82) is 0 Å². The molecule has 16 heteroatoms. The lowest BCUT2D eigenvalue weighted by molar-refractivity contribution is -0.143. The van der Waals surface area contributed by atoms with Crippen LogP contribution in [0.5, 0.6) is 11.6 Å². The summed E-state index contributed by atoms with van der Waals surface area (Å²) in [5.41, 5.74) is -2.37. The van der Waals surface area contributed by atoms with Crippen LogP contribution in [-0.2, 0) is 33.9 Å². The summed E-state index contributed by atoms with van der Waals surface area (Å²) in [7, 11) is -2.33. The van der Waals surface area contributed by atoms with Crippen LogP contribution in [0.25, 0.3) is 10.8 Å². The second-order valence-corrected chi connectivity index (χ2v) is 16.7. The number of carbonyl (C=O) groups excluding carboxylic acids is 4. The molecule has 51 heavy (non-hydrogen) atoms. The molecule has 2 saturated carbocycles. The van der Waals surface area contributed by atoms with E-state index in [2.05, 4.69) is 26.9 Å². The number of rotatable bonds is 12. The second-order valence-electron chi connectivity index (χ2n) is 14.7. The molecule has 2 aromatic rings. The molecular weight excluding hydrogens is 682 g/mol. The van der Waals surface area contributed by atoms with Gasteiger partial charge in [0, 0.05) is 30.3 Å². The Bertz CT molecular complexity index is 1820. The van der Waals surface area contributed by atoms with E-state index >= 15 is 0 Å². The van der Waals surface area contributed by atoms with Crippen LogP contribution in [0, 0.1) is 11.3 Å². The van der Waals surface area contributed by atoms with Gasteiger partial charge in [0.25, 0.3) is 5.91 Å². The zero-order chi connectivity index (χ0) is 36.7. The Morgan fingerprint density at radius 2 is 1.90 bits per heavy atom. The van der Waals surface area contributed by atoms with Crippen molar-refractivity contribution in [2.75, 3.05) is 26.9 Å². The van der Waals surface area contributed by atoms with Crippen LogP contribution in [0.4, 0.5) is 4.79 Å². The Morgan fingerprint density at radius 1 is 1.14 bits per heavy atom. The number of alkyl carbamates (subject to hydrolysis) is 1. The fourth-order valence-corrected chi connectivity index (χ4v) is 7.99. The van der Waals surface area contributed by atoms with E-state index in [1.807, 2.05) is 6.07 Å². The number of nitrogens with one attached hydrogen (secondary N) is 3. The summed E-state index contributed by atoms with van der Waals surface area (Å²) < 4.78 is 50.0. The monoisotopic (exact) mass is 727 g/mol. The van der Waals surface area contributed by atoms with E-state index in [1.54, 1.807) is 52.3 Å². The van der Waals surface area contributed by atoms with Gasteiger partial charge in [0.1, 0.15) is 35.6 Å². The SMILES string of the molecule is C=C[C@@H]1C[C@]1(NC(=O)[C@@H]1C[C@@H](Oc2nccc3cc(OC)ccc23)CN1C(=O)[C@@H](NC(=O)O[C@H]1CCOC1)C(C)(C)C)C(=O)NS(=O)(=O)C1CC1. The molecule has 276 valence electrons. The molecule has 6 atom stereocenters. The average molecular weight is 728 g/mol. The molecule has 15 nitrogen and oxygen atoms in total. The molecule has 1 aromatic carbocycles. The third kappa shape index (κ3) is 7.76. The zero-order valence-corrected chi connectivity index (χ0v) is 30.0. The molecule has 6 rings (SSSR count). The highest BCUT2D eigenvalue weighted by atomic mass is 32.2. The summed E-state index contributed by atoms with van der Waals surface area (Å²) in [4.78, 5) is 60.9. The zero-order valence-electron chi connectivity index (χ0n) is 29.2. The number of nitrogens with zero attached hydrogens (tertiary/aromatic N) is 2. The van der Waals surface area contributed by atoms with Gasteiger partial charge in [0.05, 0.1) is 32.1 Å². The van der Waals surface area contributed by atoms with Crippen molar-refractivity contribution < 1.29 is 46.5 Å². The minimum atomic E-state index is -3.90. The molecule has 4 amide bonds. The molecule has 1 aromatic heterocycles. The molecule has 2 saturated heterocycles. The Morgan fingerprint density at radius 3 is 2.53 bits per heavy atom. The standard InChI is InChI=1S/C35H45N5O10S/c1-6-21-17-35(21,32(43)39-51(45,46)25-8-9-25)38-29(41)27-16-24(49-30-26-10-7-22(47-5)15-20(26)11-13-36-30)18-40(27)31(42)28(34(2,3)4)37-33(44)50-23-12-14-48-19-23/h6-7,10-11,13,15,21,23-25,27-28H,1,8-9,12,14,16-19H2,2-5H3,(H,37,44)(H,38,41)(H,39,43)/t21-,23+,24-,27+,28-,35-/m1/s1. The number of benzene rings is 1. The number of pyridine rings is 1. The van der Waals surface area contributed by atoms with Crippen molar-refractivity contribution in [2.24, 2.45) is 11.3 Å². The Hall–Kier alpha value is -4.44. The summed E-state index contributed by atoms with van der Waals surface area (Å²) in [6, 6.07) is 4.95. The first kappa shape index (κ1) is 36.4.